The van der Waals surface area contributed by atoms with Gasteiger partial charge in [-0.1, -0.05) is 18.2 Å². The van der Waals surface area contributed by atoms with Crippen LogP contribution in [-0.4, -0.2) is 5.11 Å². The van der Waals surface area contributed by atoms with Crippen LogP contribution in [-0.2, 0) is 6.61 Å². The van der Waals surface area contributed by atoms with Gasteiger partial charge in [-0.05, 0) is 29.8 Å². The highest BCUT2D eigenvalue weighted by Gasteiger charge is 1.98. The van der Waals surface area contributed by atoms with Gasteiger partial charge >= 0.3 is 0 Å². The number of benzene rings is 2. The SMILES string of the molecule is Oc1cccc(OCc2cccc(F)c2)c1. The smallest absolute Gasteiger partial charge is 0.123 e. The molecule has 0 amide bonds. The molecule has 0 aliphatic rings. The molecule has 16 heavy (non-hydrogen) atoms. The molecule has 0 bridgehead atoms. The van der Waals surface area contributed by atoms with E-state index in [4.69, 9.17) is 4.74 Å². The van der Waals surface area contributed by atoms with Gasteiger partial charge in [0.1, 0.15) is 23.9 Å². The minimum atomic E-state index is -0.281. The number of hydrogen-bond acceptors (Lipinski definition) is 2. The van der Waals surface area contributed by atoms with Gasteiger partial charge in [-0.3, -0.25) is 0 Å². The number of halogens is 1. The van der Waals surface area contributed by atoms with E-state index in [-0.39, 0.29) is 18.2 Å². The summed E-state index contributed by atoms with van der Waals surface area (Å²) in [6.07, 6.45) is 0. The molecule has 0 fully saturated rings. The fraction of sp³-hybridized carbons (Fsp3) is 0.0769. The van der Waals surface area contributed by atoms with Gasteiger partial charge in [0.25, 0.3) is 0 Å². The summed E-state index contributed by atoms with van der Waals surface area (Å²) in [5.41, 5.74) is 0.753. The molecule has 3 heteroatoms. The lowest BCUT2D eigenvalue weighted by Gasteiger charge is -2.06. The van der Waals surface area contributed by atoms with E-state index in [9.17, 15) is 9.50 Å². The van der Waals surface area contributed by atoms with E-state index in [2.05, 4.69) is 0 Å². The monoisotopic (exact) mass is 218 g/mol. The summed E-state index contributed by atoms with van der Waals surface area (Å²) >= 11 is 0. The maximum Gasteiger partial charge on any atom is 0.123 e. The zero-order valence-corrected chi connectivity index (χ0v) is 8.56. The van der Waals surface area contributed by atoms with Crippen molar-refractivity contribution in [2.24, 2.45) is 0 Å². The van der Waals surface area contributed by atoms with Crippen molar-refractivity contribution in [3.63, 3.8) is 0 Å². The Kier molecular flexibility index (Phi) is 3.05. The van der Waals surface area contributed by atoms with E-state index < -0.39 is 0 Å². The highest BCUT2D eigenvalue weighted by Crippen LogP contribution is 2.18. The molecule has 0 aliphatic heterocycles. The van der Waals surface area contributed by atoms with Crippen LogP contribution in [0.2, 0.25) is 0 Å². The third-order valence-corrected chi connectivity index (χ3v) is 2.11. The van der Waals surface area contributed by atoms with Crippen molar-refractivity contribution < 1.29 is 14.2 Å². The molecule has 0 unspecified atom stereocenters. The van der Waals surface area contributed by atoms with E-state index in [1.165, 1.54) is 18.2 Å². The molecule has 0 aliphatic carbocycles. The lowest BCUT2D eigenvalue weighted by molar-refractivity contribution is 0.304. The lowest BCUT2D eigenvalue weighted by atomic mass is 10.2. The summed E-state index contributed by atoms with van der Waals surface area (Å²) in [5, 5.41) is 9.21. The number of phenols is 1. The van der Waals surface area contributed by atoms with Crippen molar-refractivity contribution in [2.45, 2.75) is 6.61 Å². The first-order chi connectivity index (χ1) is 7.74. The van der Waals surface area contributed by atoms with Crippen LogP contribution < -0.4 is 4.74 Å². The van der Waals surface area contributed by atoms with Gasteiger partial charge in [0.05, 0.1) is 0 Å². The molecule has 0 spiro atoms. The Labute approximate surface area is 92.9 Å². The molecule has 0 saturated heterocycles. The first-order valence-corrected chi connectivity index (χ1v) is 4.90. The molecule has 2 aromatic carbocycles. The Morgan fingerprint density at radius 3 is 2.62 bits per heavy atom. The van der Waals surface area contributed by atoms with E-state index in [1.54, 1.807) is 30.3 Å². The zero-order chi connectivity index (χ0) is 11.4. The van der Waals surface area contributed by atoms with Crippen LogP contribution in [0.25, 0.3) is 0 Å². The second-order valence-electron chi connectivity index (χ2n) is 3.42. The summed E-state index contributed by atoms with van der Waals surface area (Å²) in [7, 11) is 0. The summed E-state index contributed by atoms with van der Waals surface area (Å²) in [5.74, 6) is 0.429. The molecule has 82 valence electrons. The van der Waals surface area contributed by atoms with Gasteiger partial charge in [0.15, 0.2) is 0 Å². The standard InChI is InChI=1S/C13H11FO2/c14-11-4-1-3-10(7-11)9-16-13-6-2-5-12(15)8-13/h1-8,15H,9H2. The molecule has 1 N–H and O–H groups in total. The molecule has 0 aromatic heterocycles. The van der Waals surface area contributed by atoms with Gasteiger partial charge in [0, 0.05) is 6.07 Å². The molecule has 2 aromatic rings. The van der Waals surface area contributed by atoms with Crippen molar-refractivity contribution in [3.8, 4) is 11.5 Å². The number of hydrogen-bond donors (Lipinski definition) is 1. The van der Waals surface area contributed by atoms with E-state index in [0.29, 0.717) is 5.75 Å². The molecular formula is C13H11FO2. The molecule has 0 radical (unpaired) electrons. The highest BCUT2D eigenvalue weighted by atomic mass is 19.1. The van der Waals surface area contributed by atoms with Crippen molar-refractivity contribution in [3.05, 3.63) is 59.9 Å². The van der Waals surface area contributed by atoms with Crippen molar-refractivity contribution in [1.82, 2.24) is 0 Å². The second-order valence-corrected chi connectivity index (χ2v) is 3.42. The molecule has 0 saturated carbocycles. The Balaban J connectivity index is 2.02. The molecule has 0 atom stereocenters. The summed E-state index contributed by atoms with van der Waals surface area (Å²) in [4.78, 5) is 0. The van der Waals surface area contributed by atoms with Gasteiger partial charge in [-0.25, -0.2) is 4.39 Å². The number of rotatable bonds is 3. The predicted molar refractivity (Wildman–Crippen MR) is 58.8 cm³/mol. The van der Waals surface area contributed by atoms with E-state index >= 15 is 0 Å². The average molecular weight is 218 g/mol. The van der Waals surface area contributed by atoms with Crippen molar-refractivity contribution in [2.75, 3.05) is 0 Å². The maximum atomic E-state index is 12.9. The third kappa shape index (κ3) is 2.73. The third-order valence-electron chi connectivity index (χ3n) is 2.11. The first kappa shape index (κ1) is 10.5. The Morgan fingerprint density at radius 1 is 1.06 bits per heavy atom. The second kappa shape index (κ2) is 4.66. The highest BCUT2D eigenvalue weighted by molar-refractivity contribution is 5.32. The fourth-order valence-corrected chi connectivity index (χ4v) is 1.37. The minimum absolute atomic E-state index is 0.150. The van der Waals surface area contributed by atoms with Crippen LogP contribution >= 0.6 is 0 Å². The normalized spacial score (nSPS) is 10.1. The number of phenolic OH excluding ortho intramolecular Hbond substituents is 1. The summed E-state index contributed by atoms with van der Waals surface area (Å²) in [6.45, 7) is 0.279. The first-order valence-electron chi connectivity index (χ1n) is 4.90. The van der Waals surface area contributed by atoms with Crippen LogP contribution in [0.1, 0.15) is 5.56 Å². The van der Waals surface area contributed by atoms with Crippen LogP contribution in [0, 0.1) is 5.82 Å². The van der Waals surface area contributed by atoms with Gasteiger partial charge in [0.2, 0.25) is 0 Å². The van der Waals surface area contributed by atoms with E-state index in [0.717, 1.165) is 5.56 Å². The molecule has 2 nitrogen and oxygen atoms in total. The van der Waals surface area contributed by atoms with Crippen molar-refractivity contribution >= 4 is 0 Å². The van der Waals surface area contributed by atoms with Crippen LogP contribution in [0.15, 0.2) is 48.5 Å². The average Bonchev–Trinajstić information content (AvgIpc) is 2.27. The van der Waals surface area contributed by atoms with Crippen LogP contribution in [0.3, 0.4) is 0 Å². The minimum Gasteiger partial charge on any atom is -0.508 e. The van der Waals surface area contributed by atoms with Crippen molar-refractivity contribution in [1.29, 1.82) is 0 Å². The van der Waals surface area contributed by atoms with Crippen LogP contribution in [0.4, 0.5) is 4.39 Å². The van der Waals surface area contributed by atoms with Gasteiger partial charge in [-0.15, -0.1) is 0 Å². The topological polar surface area (TPSA) is 29.5 Å². The van der Waals surface area contributed by atoms with Gasteiger partial charge in [-0.2, -0.15) is 0 Å². The summed E-state index contributed by atoms with van der Waals surface area (Å²) in [6, 6.07) is 12.7. The molecule has 2 rings (SSSR count). The predicted octanol–water partition coefficient (Wildman–Crippen LogP) is 3.11. The molecule has 0 heterocycles. The Bertz CT molecular complexity index is 437. The quantitative estimate of drug-likeness (QED) is 0.857. The number of aromatic hydroxyl groups is 1. The zero-order valence-electron chi connectivity index (χ0n) is 8.56. The summed E-state index contributed by atoms with van der Waals surface area (Å²) < 4.78 is 18.3. The number of ether oxygens (including phenoxy) is 1. The fourth-order valence-electron chi connectivity index (χ4n) is 1.37. The maximum absolute atomic E-state index is 12.9. The Hall–Kier alpha value is -2.03. The molecular weight excluding hydrogens is 207 g/mol. The van der Waals surface area contributed by atoms with Crippen LogP contribution in [0.5, 0.6) is 11.5 Å². The Morgan fingerprint density at radius 2 is 1.88 bits per heavy atom. The van der Waals surface area contributed by atoms with E-state index in [1.807, 2.05) is 0 Å². The van der Waals surface area contributed by atoms with Gasteiger partial charge < -0.3 is 9.84 Å². The lowest BCUT2D eigenvalue weighted by Crippen LogP contribution is -1.95. The largest absolute Gasteiger partial charge is 0.508 e.